The SMILES string of the molecule is COc1ccc(CN(c2cscn2)S(=O)(=O)Cc2ccc(F)cc2N(C)[C@H]2CCN(C(=O)O)C2)cc1. The molecule has 1 aliphatic heterocycles. The number of ether oxygens (including phenoxy) is 1. The highest BCUT2D eigenvalue weighted by molar-refractivity contribution is 7.92. The molecule has 1 N–H and O–H groups in total. The Kier molecular flexibility index (Phi) is 7.65. The van der Waals surface area contributed by atoms with Crippen molar-refractivity contribution in [1.29, 1.82) is 0 Å². The lowest BCUT2D eigenvalue weighted by molar-refractivity contribution is 0.155. The number of rotatable bonds is 9. The number of hydrogen-bond donors (Lipinski definition) is 1. The van der Waals surface area contributed by atoms with Gasteiger partial charge in [-0.05, 0) is 41.8 Å². The Morgan fingerprint density at radius 1 is 1.28 bits per heavy atom. The van der Waals surface area contributed by atoms with Gasteiger partial charge in [-0.1, -0.05) is 18.2 Å². The van der Waals surface area contributed by atoms with Crippen LogP contribution in [0.4, 0.5) is 20.7 Å². The van der Waals surface area contributed by atoms with Crippen LogP contribution in [0.15, 0.2) is 53.4 Å². The number of likely N-dealkylation sites (N-methyl/N-ethyl adjacent to an activating group) is 1. The monoisotopic (exact) mass is 534 g/mol. The molecule has 0 saturated carbocycles. The Morgan fingerprint density at radius 3 is 2.64 bits per heavy atom. The summed E-state index contributed by atoms with van der Waals surface area (Å²) in [6.45, 7) is 0.697. The molecule has 2 aromatic carbocycles. The Hall–Kier alpha value is -3.38. The third-order valence-corrected chi connectivity index (χ3v) is 8.48. The fourth-order valence-corrected chi connectivity index (χ4v) is 6.37. The topological polar surface area (TPSA) is 103 Å². The van der Waals surface area contributed by atoms with Crippen molar-refractivity contribution in [2.45, 2.75) is 24.8 Å². The number of methoxy groups -OCH3 is 1. The molecule has 0 unspecified atom stereocenters. The maximum absolute atomic E-state index is 14.3. The number of thiazole rings is 1. The van der Waals surface area contributed by atoms with Gasteiger partial charge in [0, 0.05) is 37.2 Å². The van der Waals surface area contributed by atoms with Gasteiger partial charge in [0.05, 0.1) is 24.9 Å². The number of carboxylic acid groups (broad SMARTS) is 1. The Morgan fingerprint density at radius 2 is 2.03 bits per heavy atom. The van der Waals surface area contributed by atoms with E-state index in [4.69, 9.17) is 4.74 Å². The second kappa shape index (κ2) is 10.7. The molecule has 0 radical (unpaired) electrons. The molecular weight excluding hydrogens is 507 g/mol. The number of sulfonamides is 1. The van der Waals surface area contributed by atoms with Gasteiger partial charge < -0.3 is 19.6 Å². The highest BCUT2D eigenvalue weighted by Crippen LogP contribution is 2.30. The van der Waals surface area contributed by atoms with Crippen LogP contribution in [0, 0.1) is 5.82 Å². The Labute approximate surface area is 213 Å². The van der Waals surface area contributed by atoms with Crippen molar-refractivity contribution in [1.82, 2.24) is 9.88 Å². The van der Waals surface area contributed by atoms with Crippen LogP contribution in [0.25, 0.3) is 0 Å². The average Bonchev–Trinajstić information content (AvgIpc) is 3.56. The van der Waals surface area contributed by atoms with Crippen molar-refractivity contribution in [2.24, 2.45) is 0 Å². The van der Waals surface area contributed by atoms with E-state index in [1.54, 1.807) is 54.2 Å². The molecule has 2 heterocycles. The molecule has 4 rings (SSSR count). The largest absolute Gasteiger partial charge is 0.497 e. The zero-order valence-electron chi connectivity index (χ0n) is 19.9. The average molecular weight is 535 g/mol. The zero-order chi connectivity index (χ0) is 25.9. The molecular formula is C24H27FN4O5S2. The van der Waals surface area contributed by atoms with Crippen molar-refractivity contribution < 1.29 is 27.4 Å². The maximum atomic E-state index is 14.3. The molecule has 1 aromatic heterocycles. The summed E-state index contributed by atoms with van der Waals surface area (Å²) in [5.41, 5.74) is 3.15. The van der Waals surface area contributed by atoms with E-state index in [9.17, 15) is 22.7 Å². The highest BCUT2D eigenvalue weighted by atomic mass is 32.2. The van der Waals surface area contributed by atoms with Gasteiger partial charge in [-0.25, -0.2) is 26.9 Å². The van der Waals surface area contributed by atoms with E-state index in [1.807, 2.05) is 0 Å². The minimum Gasteiger partial charge on any atom is -0.497 e. The summed E-state index contributed by atoms with van der Waals surface area (Å²) in [6, 6.07) is 10.9. The van der Waals surface area contributed by atoms with Crippen LogP contribution in [0.3, 0.4) is 0 Å². The number of hydrogen-bond acceptors (Lipinski definition) is 7. The predicted octanol–water partition coefficient (Wildman–Crippen LogP) is 4.02. The number of anilines is 2. The molecule has 1 aliphatic rings. The molecule has 1 amide bonds. The Bertz CT molecular complexity index is 1300. The van der Waals surface area contributed by atoms with Gasteiger partial charge in [-0.15, -0.1) is 11.3 Å². The van der Waals surface area contributed by atoms with Crippen LogP contribution >= 0.6 is 11.3 Å². The molecule has 36 heavy (non-hydrogen) atoms. The van der Waals surface area contributed by atoms with Crippen molar-refractivity contribution in [3.63, 3.8) is 0 Å². The first-order valence-electron chi connectivity index (χ1n) is 11.2. The summed E-state index contributed by atoms with van der Waals surface area (Å²) < 4.78 is 48.1. The van der Waals surface area contributed by atoms with Gasteiger partial charge in [0.25, 0.3) is 0 Å². The van der Waals surface area contributed by atoms with Crippen LogP contribution in [-0.4, -0.2) is 62.8 Å². The van der Waals surface area contributed by atoms with E-state index in [0.717, 1.165) is 5.56 Å². The molecule has 0 spiro atoms. The number of amides is 1. The minimum absolute atomic E-state index is 0.0681. The predicted molar refractivity (Wildman–Crippen MR) is 137 cm³/mol. The van der Waals surface area contributed by atoms with E-state index in [2.05, 4.69) is 4.98 Å². The molecule has 0 bridgehead atoms. The lowest BCUT2D eigenvalue weighted by atomic mass is 10.1. The van der Waals surface area contributed by atoms with E-state index < -0.39 is 21.9 Å². The first kappa shape index (κ1) is 25.7. The van der Waals surface area contributed by atoms with Gasteiger partial charge in [0.2, 0.25) is 10.0 Å². The van der Waals surface area contributed by atoms with Crippen molar-refractivity contribution >= 4 is 39.0 Å². The van der Waals surface area contributed by atoms with Crippen LogP contribution < -0.4 is 13.9 Å². The highest BCUT2D eigenvalue weighted by Gasteiger charge is 2.31. The van der Waals surface area contributed by atoms with Crippen LogP contribution in [0.5, 0.6) is 5.75 Å². The molecule has 12 heteroatoms. The Balaban J connectivity index is 1.62. The van der Waals surface area contributed by atoms with Crippen molar-refractivity contribution in [3.05, 3.63) is 70.3 Å². The standard InChI is InChI=1S/C24H27FN4O5S2/c1-27(20-9-10-28(13-20)24(30)31)22-11-19(25)6-5-18(22)15-36(32,33)29(23-14-35-16-26-23)12-17-3-7-21(34-2)8-4-17/h3-8,11,14,16,20H,9-10,12-13,15H2,1-2H3,(H,30,31)/t20-/m0/s1. The second-order valence-electron chi connectivity index (χ2n) is 8.51. The number of nitrogens with zero attached hydrogens (tertiary/aromatic N) is 4. The molecule has 3 aromatic rings. The first-order chi connectivity index (χ1) is 17.2. The van der Waals surface area contributed by atoms with Crippen LogP contribution in [-0.2, 0) is 22.3 Å². The summed E-state index contributed by atoms with van der Waals surface area (Å²) in [5.74, 6) is 0.0892. The molecule has 1 fully saturated rings. The van der Waals surface area contributed by atoms with E-state index in [1.165, 1.54) is 38.7 Å². The summed E-state index contributed by atoms with van der Waals surface area (Å²) in [7, 11) is -0.645. The maximum Gasteiger partial charge on any atom is 0.407 e. The van der Waals surface area contributed by atoms with Gasteiger partial charge in [0.1, 0.15) is 11.6 Å². The quantitative estimate of drug-likeness (QED) is 0.442. The number of carbonyl (C=O) groups is 1. The van der Waals surface area contributed by atoms with E-state index in [0.29, 0.717) is 35.8 Å². The van der Waals surface area contributed by atoms with Crippen LogP contribution in [0.2, 0.25) is 0 Å². The van der Waals surface area contributed by atoms with Gasteiger partial charge >= 0.3 is 6.09 Å². The fourth-order valence-electron chi connectivity index (χ4n) is 4.24. The smallest absolute Gasteiger partial charge is 0.407 e. The minimum atomic E-state index is -3.94. The third-order valence-electron chi connectivity index (χ3n) is 6.24. The lowest BCUT2D eigenvalue weighted by Crippen LogP contribution is -2.37. The normalized spacial score (nSPS) is 15.6. The van der Waals surface area contributed by atoms with Crippen molar-refractivity contribution in [2.75, 3.05) is 36.5 Å². The molecule has 1 saturated heterocycles. The fraction of sp³-hybridized carbons (Fsp3) is 0.333. The molecule has 192 valence electrons. The third kappa shape index (κ3) is 5.71. The van der Waals surface area contributed by atoms with Gasteiger partial charge in [-0.2, -0.15) is 0 Å². The van der Waals surface area contributed by atoms with Gasteiger partial charge in [-0.3, -0.25) is 0 Å². The number of aromatic nitrogens is 1. The number of benzene rings is 2. The van der Waals surface area contributed by atoms with Gasteiger partial charge in [0.15, 0.2) is 5.82 Å². The van der Waals surface area contributed by atoms with Crippen molar-refractivity contribution in [3.8, 4) is 5.75 Å². The van der Waals surface area contributed by atoms with Crippen LogP contribution in [0.1, 0.15) is 17.5 Å². The molecule has 0 aliphatic carbocycles. The summed E-state index contributed by atoms with van der Waals surface area (Å²) in [5, 5.41) is 11.0. The zero-order valence-corrected chi connectivity index (χ0v) is 21.5. The summed E-state index contributed by atoms with van der Waals surface area (Å²) in [6.07, 6.45) is -0.445. The summed E-state index contributed by atoms with van der Waals surface area (Å²) in [4.78, 5) is 18.6. The summed E-state index contributed by atoms with van der Waals surface area (Å²) >= 11 is 1.29. The number of halogens is 1. The second-order valence-corrected chi connectivity index (χ2v) is 11.1. The van der Waals surface area contributed by atoms with E-state index in [-0.39, 0.29) is 24.9 Å². The van der Waals surface area contributed by atoms with E-state index >= 15 is 0 Å². The first-order valence-corrected chi connectivity index (χ1v) is 13.7. The number of likely N-dealkylation sites (tertiary alicyclic amines) is 1. The lowest BCUT2D eigenvalue weighted by Gasteiger charge is -2.29. The molecule has 1 atom stereocenters. The molecule has 9 nitrogen and oxygen atoms in total.